The molecule has 0 spiro atoms. The molecule has 0 fully saturated rings. The van der Waals surface area contributed by atoms with Gasteiger partial charge in [-0.1, -0.05) is 74.7 Å². The van der Waals surface area contributed by atoms with Gasteiger partial charge in [-0.15, -0.1) is 0 Å². The van der Waals surface area contributed by atoms with E-state index in [1.807, 2.05) is 0 Å². The summed E-state index contributed by atoms with van der Waals surface area (Å²) in [6.45, 7) is 11.1. The van der Waals surface area contributed by atoms with Crippen LogP contribution in [0.15, 0.2) is 48.1 Å². The van der Waals surface area contributed by atoms with E-state index in [4.69, 9.17) is 0 Å². The lowest BCUT2D eigenvalue weighted by Gasteiger charge is -2.14. The lowest BCUT2D eigenvalue weighted by molar-refractivity contribution is 0.740. The van der Waals surface area contributed by atoms with Crippen molar-refractivity contribution in [3.05, 3.63) is 53.6 Å². The summed E-state index contributed by atoms with van der Waals surface area (Å²) in [5.74, 6) is 0. The summed E-state index contributed by atoms with van der Waals surface area (Å²) in [5.41, 5.74) is 5.80. The van der Waals surface area contributed by atoms with Gasteiger partial charge in [0, 0.05) is 0 Å². The third-order valence-electron chi connectivity index (χ3n) is 3.92. The van der Waals surface area contributed by atoms with Gasteiger partial charge in [-0.3, -0.25) is 0 Å². The number of hydrogen-bond acceptors (Lipinski definition) is 0. The van der Waals surface area contributed by atoms with Crippen molar-refractivity contribution in [2.75, 3.05) is 0 Å². The van der Waals surface area contributed by atoms with Gasteiger partial charge in [0.2, 0.25) is 0 Å². The van der Waals surface area contributed by atoms with E-state index in [1.165, 1.54) is 55.2 Å². The van der Waals surface area contributed by atoms with Crippen molar-refractivity contribution < 1.29 is 0 Å². The van der Waals surface area contributed by atoms with Gasteiger partial charge < -0.3 is 0 Å². The van der Waals surface area contributed by atoms with Crippen LogP contribution < -0.4 is 0 Å². The molecule has 1 aromatic rings. The molecule has 0 unspecified atom stereocenters. The first kappa shape index (κ1) is 16.8. The molecule has 0 aliphatic carbocycles. The van der Waals surface area contributed by atoms with Crippen LogP contribution in [0.2, 0.25) is 0 Å². The topological polar surface area (TPSA) is 0 Å². The summed E-state index contributed by atoms with van der Waals surface area (Å²) in [4.78, 5) is 0. The maximum absolute atomic E-state index is 4.28. The molecule has 1 rings (SSSR count). The van der Waals surface area contributed by atoms with Crippen molar-refractivity contribution in [3.8, 4) is 0 Å². The molecule has 0 nitrogen and oxygen atoms in total. The molecule has 0 aliphatic heterocycles. The van der Waals surface area contributed by atoms with Crippen molar-refractivity contribution in [2.24, 2.45) is 0 Å². The third kappa shape index (κ3) is 5.77. The standard InChI is InChI=1S/C20H30/c1-5-7-12-17(3)16-20(13-8-6-2)18(4)19-14-10-9-11-15-19/h9-11,14-15H,3,5-8,12-13,16H2,1-2,4H3/b20-18+. The molecule has 0 aliphatic rings. The quantitative estimate of drug-likeness (QED) is 0.433. The van der Waals surface area contributed by atoms with E-state index in [9.17, 15) is 0 Å². The van der Waals surface area contributed by atoms with Crippen LogP contribution in [0.4, 0.5) is 0 Å². The Bertz CT molecular complexity index is 423. The SMILES string of the molecule is C=C(CCCC)C/C(CCCC)=C(\C)c1ccccc1. The minimum Gasteiger partial charge on any atom is -0.0995 e. The predicted octanol–water partition coefficient (Wildman–Crippen LogP) is 6.79. The lowest BCUT2D eigenvalue weighted by Crippen LogP contribution is -1.94. The van der Waals surface area contributed by atoms with Gasteiger partial charge in [-0.05, 0) is 50.2 Å². The molecule has 0 saturated carbocycles. The van der Waals surface area contributed by atoms with Crippen molar-refractivity contribution in [1.82, 2.24) is 0 Å². The lowest BCUT2D eigenvalue weighted by atomic mass is 9.91. The van der Waals surface area contributed by atoms with E-state index in [-0.39, 0.29) is 0 Å². The Morgan fingerprint density at radius 3 is 2.15 bits per heavy atom. The van der Waals surface area contributed by atoms with Crippen LogP contribution in [-0.4, -0.2) is 0 Å². The number of allylic oxidation sites excluding steroid dienone is 3. The Morgan fingerprint density at radius 1 is 0.950 bits per heavy atom. The van der Waals surface area contributed by atoms with E-state index < -0.39 is 0 Å². The molecule has 0 saturated heterocycles. The third-order valence-corrected chi connectivity index (χ3v) is 3.92. The van der Waals surface area contributed by atoms with Crippen molar-refractivity contribution in [2.45, 2.75) is 65.7 Å². The molecule has 0 bridgehead atoms. The minimum absolute atomic E-state index is 1.08. The summed E-state index contributed by atoms with van der Waals surface area (Å²) >= 11 is 0. The molecule has 0 amide bonds. The average molecular weight is 270 g/mol. The molecule has 0 aromatic heterocycles. The Labute approximate surface area is 125 Å². The molecule has 0 atom stereocenters. The molecular weight excluding hydrogens is 240 g/mol. The summed E-state index contributed by atoms with van der Waals surface area (Å²) < 4.78 is 0. The van der Waals surface area contributed by atoms with E-state index in [2.05, 4.69) is 57.7 Å². The first-order chi connectivity index (χ1) is 9.69. The van der Waals surface area contributed by atoms with E-state index >= 15 is 0 Å². The highest BCUT2D eigenvalue weighted by Gasteiger charge is 2.07. The molecule has 0 radical (unpaired) electrons. The Balaban J connectivity index is 2.84. The van der Waals surface area contributed by atoms with Crippen LogP contribution in [0, 0.1) is 0 Å². The maximum Gasteiger partial charge on any atom is -0.0105 e. The van der Waals surface area contributed by atoms with Crippen LogP contribution >= 0.6 is 0 Å². The van der Waals surface area contributed by atoms with E-state index in [1.54, 1.807) is 5.57 Å². The maximum atomic E-state index is 4.28. The zero-order valence-electron chi connectivity index (χ0n) is 13.5. The largest absolute Gasteiger partial charge is 0.0995 e. The Hall–Kier alpha value is -1.30. The van der Waals surface area contributed by atoms with Crippen molar-refractivity contribution in [3.63, 3.8) is 0 Å². The molecule has 1 aromatic carbocycles. The second-order valence-corrected chi connectivity index (χ2v) is 5.73. The van der Waals surface area contributed by atoms with Crippen LogP contribution in [0.25, 0.3) is 5.57 Å². The average Bonchev–Trinajstić information content (AvgIpc) is 2.49. The van der Waals surface area contributed by atoms with Crippen molar-refractivity contribution >= 4 is 5.57 Å². The summed E-state index contributed by atoms with van der Waals surface area (Å²) in [6, 6.07) is 10.8. The number of benzene rings is 1. The van der Waals surface area contributed by atoms with Crippen LogP contribution in [0.3, 0.4) is 0 Å². The number of unbranched alkanes of at least 4 members (excludes halogenated alkanes) is 2. The highest BCUT2D eigenvalue weighted by atomic mass is 14.1. The first-order valence-electron chi connectivity index (χ1n) is 8.09. The van der Waals surface area contributed by atoms with Gasteiger partial charge in [0.15, 0.2) is 0 Å². The highest BCUT2D eigenvalue weighted by molar-refractivity contribution is 5.67. The van der Waals surface area contributed by atoms with Gasteiger partial charge in [-0.25, -0.2) is 0 Å². The monoisotopic (exact) mass is 270 g/mol. The van der Waals surface area contributed by atoms with Crippen LogP contribution in [0.5, 0.6) is 0 Å². The second-order valence-electron chi connectivity index (χ2n) is 5.73. The molecule has 0 heterocycles. The normalized spacial score (nSPS) is 12.2. The molecule has 20 heavy (non-hydrogen) atoms. The molecule has 110 valence electrons. The smallest absolute Gasteiger partial charge is 0.0105 e. The zero-order valence-corrected chi connectivity index (χ0v) is 13.5. The second kappa shape index (κ2) is 9.58. The van der Waals surface area contributed by atoms with Crippen molar-refractivity contribution in [1.29, 1.82) is 0 Å². The summed E-state index contributed by atoms with van der Waals surface area (Å²) in [6.07, 6.45) is 8.53. The summed E-state index contributed by atoms with van der Waals surface area (Å²) in [5, 5.41) is 0. The summed E-state index contributed by atoms with van der Waals surface area (Å²) in [7, 11) is 0. The van der Waals surface area contributed by atoms with Gasteiger partial charge in [0.25, 0.3) is 0 Å². The minimum atomic E-state index is 1.08. The zero-order chi connectivity index (χ0) is 14.8. The fraction of sp³-hybridized carbons (Fsp3) is 0.500. The van der Waals surface area contributed by atoms with Crippen LogP contribution in [0.1, 0.15) is 71.3 Å². The van der Waals surface area contributed by atoms with Gasteiger partial charge >= 0.3 is 0 Å². The molecule has 0 heteroatoms. The molecule has 0 N–H and O–H groups in total. The predicted molar refractivity (Wildman–Crippen MR) is 91.8 cm³/mol. The number of rotatable bonds is 9. The van der Waals surface area contributed by atoms with Gasteiger partial charge in [0.05, 0.1) is 0 Å². The van der Waals surface area contributed by atoms with E-state index in [0.717, 1.165) is 6.42 Å². The highest BCUT2D eigenvalue weighted by Crippen LogP contribution is 2.28. The Kier molecular flexibility index (Phi) is 8.02. The fourth-order valence-electron chi connectivity index (χ4n) is 2.51. The van der Waals surface area contributed by atoms with E-state index in [0.29, 0.717) is 0 Å². The first-order valence-corrected chi connectivity index (χ1v) is 8.09. The number of hydrogen-bond donors (Lipinski definition) is 0. The fourth-order valence-corrected chi connectivity index (χ4v) is 2.51. The van der Waals surface area contributed by atoms with Gasteiger partial charge in [0.1, 0.15) is 0 Å². The van der Waals surface area contributed by atoms with Gasteiger partial charge in [-0.2, -0.15) is 0 Å². The Morgan fingerprint density at radius 2 is 1.55 bits per heavy atom. The van der Waals surface area contributed by atoms with Crippen LogP contribution in [-0.2, 0) is 0 Å². The molecular formula is C20H30.